The molecule has 0 unspecified atom stereocenters. The van der Waals surface area contributed by atoms with Crippen molar-refractivity contribution < 1.29 is 19.1 Å². The molecule has 100 valence electrons. The molecule has 1 aliphatic rings. The lowest BCUT2D eigenvalue weighted by atomic mass is 10.1. The second-order valence-electron chi connectivity index (χ2n) is 4.21. The third-order valence-corrected chi connectivity index (χ3v) is 3.54. The van der Waals surface area contributed by atoms with Crippen molar-refractivity contribution in [3.8, 4) is 11.5 Å². The monoisotopic (exact) mass is 286 g/mol. The minimum absolute atomic E-state index is 0.164. The summed E-state index contributed by atoms with van der Waals surface area (Å²) in [6.45, 7) is 1.32. The van der Waals surface area contributed by atoms with E-state index in [0.717, 1.165) is 4.88 Å². The van der Waals surface area contributed by atoms with Crippen LogP contribution in [-0.2, 0) is 4.79 Å². The van der Waals surface area contributed by atoms with Crippen LogP contribution in [0.25, 0.3) is 6.08 Å². The maximum atomic E-state index is 12.2. The van der Waals surface area contributed by atoms with Crippen molar-refractivity contribution >= 4 is 29.2 Å². The summed E-state index contributed by atoms with van der Waals surface area (Å²) in [5.74, 6) is 0.479. The molecular formula is C15H10O4S. The Kier molecular flexibility index (Phi) is 3.12. The van der Waals surface area contributed by atoms with Gasteiger partial charge in [0.1, 0.15) is 11.5 Å². The van der Waals surface area contributed by atoms with Crippen LogP contribution < -0.4 is 9.47 Å². The zero-order valence-electron chi connectivity index (χ0n) is 10.6. The van der Waals surface area contributed by atoms with Crippen molar-refractivity contribution in [2.24, 2.45) is 0 Å². The molecule has 2 heterocycles. The number of Topliss-reactive ketones (excluding diaryl/α,β-unsaturated/α-hetero) is 1. The minimum Gasteiger partial charge on any atom is -0.452 e. The van der Waals surface area contributed by atoms with Gasteiger partial charge in [-0.25, -0.2) is 0 Å². The van der Waals surface area contributed by atoms with E-state index >= 15 is 0 Å². The van der Waals surface area contributed by atoms with Crippen LogP contribution in [0, 0.1) is 0 Å². The van der Waals surface area contributed by atoms with E-state index in [0.29, 0.717) is 17.1 Å². The molecule has 0 spiro atoms. The molecule has 20 heavy (non-hydrogen) atoms. The Labute approximate surface area is 119 Å². The zero-order chi connectivity index (χ0) is 14.1. The van der Waals surface area contributed by atoms with Gasteiger partial charge in [-0.15, -0.1) is 11.3 Å². The van der Waals surface area contributed by atoms with Crippen LogP contribution in [0.2, 0.25) is 0 Å². The van der Waals surface area contributed by atoms with Gasteiger partial charge >= 0.3 is 5.97 Å². The van der Waals surface area contributed by atoms with Crippen molar-refractivity contribution in [2.75, 3.05) is 0 Å². The number of carbonyl (C=O) groups is 2. The predicted molar refractivity (Wildman–Crippen MR) is 75.0 cm³/mol. The lowest BCUT2D eigenvalue weighted by molar-refractivity contribution is -0.131. The second kappa shape index (κ2) is 4.94. The van der Waals surface area contributed by atoms with Crippen LogP contribution >= 0.6 is 11.3 Å². The standard InChI is InChI=1S/C15H10O4S/c1-9(16)18-10-4-5-12-13(7-10)19-14(15(12)17)8-11-3-2-6-20-11/h2-8H,1H3. The molecule has 4 nitrogen and oxygen atoms in total. The fourth-order valence-electron chi connectivity index (χ4n) is 1.90. The molecule has 0 aliphatic carbocycles. The highest BCUT2D eigenvalue weighted by Crippen LogP contribution is 2.35. The van der Waals surface area contributed by atoms with Gasteiger partial charge in [-0.1, -0.05) is 6.07 Å². The first-order chi connectivity index (χ1) is 9.63. The van der Waals surface area contributed by atoms with Gasteiger partial charge in [0.2, 0.25) is 5.78 Å². The van der Waals surface area contributed by atoms with Crippen LogP contribution in [-0.4, -0.2) is 11.8 Å². The molecule has 5 heteroatoms. The third-order valence-electron chi connectivity index (χ3n) is 2.72. The quantitative estimate of drug-likeness (QED) is 0.483. The van der Waals surface area contributed by atoms with E-state index in [-0.39, 0.29) is 11.5 Å². The number of carbonyl (C=O) groups excluding carboxylic acids is 2. The fraction of sp³-hybridized carbons (Fsp3) is 0.0667. The van der Waals surface area contributed by atoms with Gasteiger partial charge in [0, 0.05) is 23.9 Å². The lowest BCUT2D eigenvalue weighted by Crippen LogP contribution is -2.01. The van der Waals surface area contributed by atoms with Gasteiger partial charge < -0.3 is 9.47 Å². The first kappa shape index (κ1) is 12.6. The van der Waals surface area contributed by atoms with E-state index in [1.165, 1.54) is 18.3 Å². The molecule has 0 N–H and O–H groups in total. The number of esters is 1. The Balaban J connectivity index is 1.92. The first-order valence-corrected chi connectivity index (χ1v) is 6.81. The summed E-state index contributed by atoms with van der Waals surface area (Å²) in [4.78, 5) is 24.0. The molecular weight excluding hydrogens is 276 g/mol. The Bertz CT molecular complexity index is 713. The summed E-state index contributed by atoms with van der Waals surface area (Å²) in [6.07, 6.45) is 1.71. The van der Waals surface area contributed by atoms with Crippen LogP contribution in [0.5, 0.6) is 11.5 Å². The number of fused-ring (bicyclic) bond motifs is 1. The molecule has 1 aromatic carbocycles. The van der Waals surface area contributed by atoms with Gasteiger partial charge in [-0.3, -0.25) is 9.59 Å². The largest absolute Gasteiger partial charge is 0.452 e. The normalized spacial score (nSPS) is 15.1. The Morgan fingerprint density at radius 1 is 1.35 bits per heavy atom. The molecule has 3 rings (SSSR count). The summed E-state index contributed by atoms with van der Waals surface area (Å²) in [6, 6.07) is 8.54. The third kappa shape index (κ3) is 2.35. The summed E-state index contributed by atoms with van der Waals surface area (Å²) < 4.78 is 10.5. The highest BCUT2D eigenvalue weighted by Gasteiger charge is 2.27. The van der Waals surface area contributed by atoms with Crippen molar-refractivity contribution in [3.63, 3.8) is 0 Å². The number of rotatable bonds is 2. The van der Waals surface area contributed by atoms with Gasteiger partial charge in [-0.05, 0) is 23.6 Å². The number of benzene rings is 1. The molecule has 0 bridgehead atoms. The number of ether oxygens (including phenoxy) is 2. The first-order valence-electron chi connectivity index (χ1n) is 5.94. The number of hydrogen-bond acceptors (Lipinski definition) is 5. The molecule has 0 radical (unpaired) electrons. The van der Waals surface area contributed by atoms with E-state index in [4.69, 9.17) is 9.47 Å². The molecule has 2 aromatic rings. The Hall–Kier alpha value is -2.40. The van der Waals surface area contributed by atoms with Gasteiger partial charge in [0.05, 0.1) is 5.56 Å². The van der Waals surface area contributed by atoms with Crippen LogP contribution in [0.3, 0.4) is 0 Å². The number of allylic oxidation sites excluding steroid dienone is 1. The van der Waals surface area contributed by atoms with E-state index in [1.54, 1.807) is 24.3 Å². The van der Waals surface area contributed by atoms with Gasteiger partial charge in [0.15, 0.2) is 5.76 Å². The highest BCUT2D eigenvalue weighted by molar-refractivity contribution is 7.10. The van der Waals surface area contributed by atoms with Crippen LogP contribution in [0.1, 0.15) is 22.2 Å². The highest BCUT2D eigenvalue weighted by atomic mass is 32.1. The van der Waals surface area contributed by atoms with E-state index < -0.39 is 5.97 Å². The zero-order valence-corrected chi connectivity index (χ0v) is 11.4. The molecule has 0 fully saturated rings. The number of thiophene rings is 1. The second-order valence-corrected chi connectivity index (χ2v) is 5.19. The molecule has 0 saturated heterocycles. The average molecular weight is 286 g/mol. The Morgan fingerprint density at radius 3 is 2.90 bits per heavy atom. The lowest BCUT2D eigenvalue weighted by Gasteiger charge is -2.02. The molecule has 1 aromatic heterocycles. The SMILES string of the molecule is CC(=O)Oc1ccc2c(c1)OC(=Cc1cccs1)C2=O. The van der Waals surface area contributed by atoms with Crippen molar-refractivity contribution in [1.82, 2.24) is 0 Å². The molecule has 0 atom stereocenters. The van der Waals surface area contributed by atoms with E-state index in [1.807, 2.05) is 17.5 Å². The van der Waals surface area contributed by atoms with Crippen LogP contribution in [0.15, 0.2) is 41.5 Å². The fourth-order valence-corrected chi connectivity index (χ4v) is 2.55. The van der Waals surface area contributed by atoms with Gasteiger partial charge in [-0.2, -0.15) is 0 Å². The maximum absolute atomic E-state index is 12.2. The summed E-state index contributed by atoms with van der Waals surface area (Å²) in [5, 5.41) is 1.93. The summed E-state index contributed by atoms with van der Waals surface area (Å²) in [7, 11) is 0. The van der Waals surface area contributed by atoms with Crippen molar-refractivity contribution in [2.45, 2.75) is 6.92 Å². The van der Waals surface area contributed by atoms with Gasteiger partial charge in [0.25, 0.3) is 0 Å². The van der Waals surface area contributed by atoms with Crippen molar-refractivity contribution in [3.05, 3.63) is 51.9 Å². The average Bonchev–Trinajstić information content (AvgIpc) is 2.99. The summed E-state index contributed by atoms with van der Waals surface area (Å²) >= 11 is 1.52. The molecule has 0 saturated carbocycles. The summed E-state index contributed by atoms with van der Waals surface area (Å²) in [5.41, 5.74) is 0.476. The smallest absolute Gasteiger partial charge is 0.308 e. The number of ketones is 1. The molecule has 0 amide bonds. The Morgan fingerprint density at radius 2 is 2.20 bits per heavy atom. The topological polar surface area (TPSA) is 52.6 Å². The van der Waals surface area contributed by atoms with E-state index in [9.17, 15) is 9.59 Å². The van der Waals surface area contributed by atoms with Crippen molar-refractivity contribution in [1.29, 1.82) is 0 Å². The number of hydrogen-bond donors (Lipinski definition) is 0. The molecule has 1 aliphatic heterocycles. The minimum atomic E-state index is -0.413. The van der Waals surface area contributed by atoms with Crippen LogP contribution in [0.4, 0.5) is 0 Å². The predicted octanol–water partition coefficient (Wildman–Crippen LogP) is 3.29. The van der Waals surface area contributed by atoms with E-state index in [2.05, 4.69) is 0 Å². The maximum Gasteiger partial charge on any atom is 0.308 e.